The molecule has 0 aliphatic carbocycles. The first-order valence-electron chi connectivity index (χ1n) is 9.77. The van der Waals surface area contributed by atoms with Gasteiger partial charge in [-0.05, 0) is 25.4 Å². The molecule has 2 heterocycles. The van der Waals surface area contributed by atoms with Gasteiger partial charge in [0.1, 0.15) is 0 Å². The third kappa shape index (κ3) is 6.20. The van der Waals surface area contributed by atoms with Crippen LogP contribution < -0.4 is 21.3 Å². The predicted octanol–water partition coefficient (Wildman–Crippen LogP) is 1.64. The average Bonchev–Trinajstić information content (AvgIpc) is 2.65. The molecule has 2 amide bonds. The SMILES string of the molecule is CCCC1=N[C@](NCCN[C@]2(SC)N=C(CCC)CC(=O)N2)(SC)NC(=O)C1. The maximum Gasteiger partial charge on any atom is 0.236 e. The van der Waals surface area contributed by atoms with Gasteiger partial charge in [0.05, 0.1) is 12.8 Å². The van der Waals surface area contributed by atoms with E-state index < -0.39 is 10.2 Å². The highest BCUT2D eigenvalue weighted by Crippen LogP contribution is 2.25. The van der Waals surface area contributed by atoms with Gasteiger partial charge in [0.15, 0.2) is 0 Å². The summed E-state index contributed by atoms with van der Waals surface area (Å²) in [6.07, 6.45) is 8.16. The fourth-order valence-electron chi connectivity index (χ4n) is 3.25. The number of rotatable bonds is 11. The first-order valence-corrected chi connectivity index (χ1v) is 12.2. The summed E-state index contributed by atoms with van der Waals surface area (Å²) in [5.74, 6) is -0.0237. The van der Waals surface area contributed by atoms with Gasteiger partial charge in [-0.1, -0.05) is 50.2 Å². The van der Waals surface area contributed by atoms with Crippen molar-refractivity contribution in [3.8, 4) is 0 Å². The monoisotopic (exact) mass is 428 g/mol. The van der Waals surface area contributed by atoms with E-state index in [1.807, 2.05) is 12.5 Å². The molecule has 0 spiro atoms. The number of nitrogens with one attached hydrogen (secondary N) is 4. The molecule has 2 aliphatic rings. The molecule has 158 valence electrons. The van der Waals surface area contributed by atoms with Crippen molar-refractivity contribution < 1.29 is 9.59 Å². The number of carbonyl (C=O) groups excluding carboxylic acids is 2. The van der Waals surface area contributed by atoms with E-state index in [-0.39, 0.29) is 11.8 Å². The molecule has 0 aromatic carbocycles. The molecule has 10 heteroatoms. The van der Waals surface area contributed by atoms with Crippen LogP contribution >= 0.6 is 23.5 Å². The van der Waals surface area contributed by atoms with Crippen molar-refractivity contribution in [2.24, 2.45) is 9.98 Å². The zero-order valence-corrected chi connectivity index (χ0v) is 18.8. The Kier molecular flexibility index (Phi) is 8.79. The zero-order chi connectivity index (χ0) is 20.6. The Bertz CT molecular complexity index is 588. The summed E-state index contributed by atoms with van der Waals surface area (Å²) >= 11 is 2.93. The molecule has 0 aromatic heterocycles. The number of carbonyl (C=O) groups is 2. The second-order valence-corrected chi connectivity index (χ2v) is 8.85. The highest BCUT2D eigenvalue weighted by Gasteiger charge is 2.36. The molecule has 0 unspecified atom stereocenters. The van der Waals surface area contributed by atoms with Gasteiger partial charge in [-0.2, -0.15) is 0 Å². The fourth-order valence-corrected chi connectivity index (χ4v) is 4.62. The lowest BCUT2D eigenvalue weighted by Gasteiger charge is -2.36. The van der Waals surface area contributed by atoms with E-state index in [0.717, 1.165) is 37.1 Å². The molecule has 0 saturated heterocycles. The summed E-state index contributed by atoms with van der Waals surface area (Å²) in [6, 6.07) is 0. The van der Waals surface area contributed by atoms with Crippen molar-refractivity contribution in [2.45, 2.75) is 62.6 Å². The third-order valence-corrected chi connectivity index (χ3v) is 6.36. The van der Waals surface area contributed by atoms with E-state index in [2.05, 4.69) is 35.1 Å². The first-order chi connectivity index (χ1) is 13.4. The minimum absolute atomic E-state index is 0.0119. The largest absolute Gasteiger partial charge is 0.310 e. The molecule has 2 rings (SSSR count). The molecule has 4 N–H and O–H groups in total. The van der Waals surface area contributed by atoms with Crippen molar-refractivity contribution in [3.63, 3.8) is 0 Å². The second kappa shape index (κ2) is 10.6. The topological polar surface area (TPSA) is 107 Å². The molecular formula is C18H32N6O2S2. The van der Waals surface area contributed by atoms with Crippen LogP contribution in [0.2, 0.25) is 0 Å². The maximum absolute atomic E-state index is 12.1. The minimum atomic E-state index is -0.833. The van der Waals surface area contributed by atoms with Gasteiger partial charge >= 0.3 is 0 Å². The van der Waals surface area contributed by atoms with Gasteiger partial charge in [-0.3, -0.25) is 20.2 Å². The number of aliphatic imine (C=N–C) groups is 2. The molecule has 8 nitrogen and oxygen atoms in total. The van der Waals surface area contributed by atoms with Crippen LogP contribution in [-0.2, 0) is 9.59 Å². The molecule has 2 aliphatic heterocycles. The number of thioether (sulfide) groups is 2. The van der Waals surface area contributed by atoms with Crippen molar-refractivity contribution in [1.29, 1.82) is 0 Å². The predicted molar refractivity (Wildman–Crippen MR) is 119 cm³/mol. The van der Waals surface area contributed by atoms with Crippen LogP contribution in [0.15, 0.2) is 9.98 Å². The summed E-state index contributed by atoms with van der Waals surface area (Å²) in [4.78, 5) is 33.7. The Labute approximate surface area is 175 Å². The molecule has 0 saturated carbocycles. The number of hydrogen-bond donors (Lipinski definition) is 4. The number of nitrogens with zero attached hydrogens (tertiary/aromatic N) is 2. The Morgan fingerprint density at radius 2 is 1.25 bits per heavy atom. The molecule has 0 fully saturated rings. The number of amides is 2. The Morgan fingerprint density at radius 3 is 1.57 bits per heavy atom. The van der Waals surface area contributed by atoms with Gasteiger partial charge < -0.3 is 10.6 Å². The van der Waals surface area contributed by atoms with Crippen LogP contribution in [0, 0.1) is 0 Å². The van der Waals surface area contributed by atoms with E-state index in [9.17, 15) is 9.59 Å². The van der Waals surface area contributed by atoms with E-state index in [1.54, 1.807) is 0 Å². The normalized spacial score (nSPS) is 27.7. The molecular weight excluding hydrogens is 396 g/mol. The van der Waals surface area contributed by atoms with Crippen molar-refractivity contribution in [1.82, 2.24) is 21.3 Å². The fraction of sp³-hybridized carbons (Fsp3) is 0.778. The highest BCUT2D eigenvalue weighted by atomic mass is 32.2. The smallest absolute Gasteiger partial charge is 0.236 e. The van der Waals surface area contributed by atoms with Gasteiger partial charge in [0.25, 0.3) is 0 Å². The van der Waals surface area contributed by atoms with Crippen LogP contribution in [-0.4, -0.2) is 59.1 Å². The molecule has 28 heavy (non-hydrogen) atoms. The average molecular weight is 429 g/mol. The molecule has 0 aromatic rings. The lowest BCUT2D eigenvalue weighted by atomic mass is 10.1. The summed E-state index contributed by atoms with van der Waals surface area (Å²) in [5.41, 5.74) is 1.85. The third-order valence-electron chi connectivity index (χ3n) is 4.50. The lowest BCUT2D eigenvalue weighted by molar-refractivity contribution is -0.122. The number of hydrogen-bond acceptors (Lipinski definition) is 8. The van der Waals surface area contributed by atoms with Crippen LogP contribution in [0.3, 0.4) is 0 Å². The Hall–Kier alpha value is -1.10. The summed E-state index contributed by atoms with van der Waals surface area (Å²) in [7, 11) is 0. The van der Waals surface area contributed by atoms with Gasteiger partial charge in [-0.15, -0.1) is 0 Å². The molecule has 0 bridgehead atoms. The zero-order valence-electron chi connectivity index (χ0n) is 17.2. The van der Waals surface area contributed by atoms with E-state index in [1.165, 1.54) is 23.5 Å². The van der Waals surface area contributed by atoms with Crippen molar-refractivity contribution >= 4 is 46.8 Å². The van der Waals surface area contributed by atoms with Crippen LogP contribution in [0.5, 0.6) is 0 Å². The van der Waals surface area contributed by atoms with Gasteiger partial charge in [-0.25, -0.2) is 9.98 Å². The van der Waals surface area contributed by atoms with Crippen LogP contribution in [0.25, 0.3) is 0 Å². The quantitative estimate of drug-likeness (QED) is 0.294. The minimum Gasteiger partial charge on any atom is -0.310 e. The Morgan fingerprint density at radius 1 is 0.857 bits per heavy atom. The van der Waals surface area contributed by atoms with E-state index in [0.29, 0.717) is 25.9 Å². The summed E-state index contributed by atoms with van der Waals surface area (Å²) in [5, 5.41) is 10.9. The lowest BCUT2D eigenvalue weighted by Crippen LogP contribution is -2.62. The van der Waals surface area contributed by atoms with Gasteiger partial charge in [0.2, 0.25) is 22.1 Å². The Balaban J connectivity index is 1.99. The second-order valence-electron chi connectivity index (χ2n) is 6.86. The van der Waals surface area contributed by atoms with Crippen molar-refractivity contribution in [3.05, 3.63) is 0 Å². The molecule has 0 radical (unpaired) electrons. The van der Waals surface area contributed by atoms with E-state index >= 15 is 0 Å². The standard InChI is InChI=1S/C18H32N6O2S2/c1-5-7-13-11-15(25)23-17(21-13,27-3)19-9-10-20-18(28-4)22-14(8-6-2)12-16(26)24-18/h19-20H,5-12H2,1-4H3,(H,23,25)(H,24,26)/t17-,18-/m0/s1. The van der Waals surface area contributed by atoms with Gasteiger partial charge in [0, 0.05) is 24.5 Å². The summed E-state index contributed by atoms with van der Waals surface area (Å²) in [6.45, 7) is 5.28. The van der Waals surface area contributed by atoms with Crippen LogP contribution in [0.1, 0.15) is 52.4 Å². The highest BCUT2D eigenvalue weighted by molar-refractivity contribution is 8.00. The maximum atomic E-state index is 12.1. The molecule has 2 atom stereocenters. The van der Waals surface area contributed by atoms with E-state index in [4.69, 9.17) is 9.98 Å². The summed E-state index contributed by atoms with van der Waals surface area (Å²) < 4.78 is 0. The van der Waals surface area contributed by atoms with Crippen LogP contribution in [0.4, 0.5) is 0 Å². The van der Waals surface area contributed by atoms with Crippen molar-refractivity contribution in [2.75, 3.05) is 25.6 Å². The first kappa shape index (κ1) is 23.2.